The van der Waals surface area contributed by atoms with Crippen molar-refractivity contribution >= 4 is 8.41 Å². The quantitative estimate of drug-likeness (QED) is 0.387. The molecule has 3 aliphatic rings. The summed E-state index contributed by atoms with van der Waals surface area (Å²) in [5, 5.41) is 0. The van der Waals surface area contributed by atoms with Crippen LogP contribution in [0.5, 0.6) is 0 Å². The first-order valence-electron chi connectivity index (χ1n) is 12.2. The SMILES string of the molecule is CC1CCC(C)C(C)C1C.CC1CCC(C)CC1.CC1CCC(C)CC1.O.O.[B]. The minimum Gasteiger partial charge on any atom is -0.412 e. The first-order valence-corrected chi connectivity index (χ1v) is 12.2. The number of rotatable bonds is 0. The van der Waals surface area contributed by atoms with Gasteiger partial charge >= 0.3 is 0 Å². The fourth-order valence-electron chi connectivity index (χ4n) is 4.94. The lowest BCUT2D eigenvalue weighted by atomic mass is 9.69. The lowest BCUT2D eigenvalue weighted by molar-refractivity contribution is 0.137. The molecule has 0 spiro atoms. The van der Waals surface area contributed by atoms with Gasteiger partial charge in [-0.25, -0.2) is 0 Å². The molecule has 0 heterocycles. The maximum atomic E-state index is 2.41. The van der Waals surface area contributed by atoms with Crippen LogP contribution in [0.2, 0.25) is 0 Å². The normalized spacial score (nSPS) is 38.9. The van der Waals surface area contributed by atoms with E-state index < -0.39 is 0 Å². The van der Waals surface area contributed by atoms with Gasteiger partial charge in [-0.2, -0.15) is 0 Å². The molecular formula is C26H56BO2. The highest BCUT2D eigenvalue weighted by Crippen LogP contribution is 2.37. The Labute approximate surface area is 186 Å². The molecule has 4 unspecified atom stereocenters. The van der Waals surface area contributed by atoms with Gasteiger partial charge in [0.1, 0.15) is 0 Å². The molecule has 29 heavy (non-hydrogen) atoms. The van der Waals surface area contributed by atoms with Crippen LogP contribution < -0.4 is 0 Å². The fourth-order valence-corrected chi connectivity index (χ4v) is 4.94. The van der Waals surface area contributed by atoms with E-state index in [0.717, 1.165) is 47.3 Å². The van der Waals surface area contributed by atoms with E-state index in [1.165, 1.54) is 64.2 Å². The van der Waals surface area contributed by atoms with Crippen LogP contribution >= 0.6 is 0 Å². The van der Waals surface area contributed by atoms with Crippen LogP contribution in [0.15, 0.2) is 0 Å². The van der Waals surface area contributed by atoms with Crippen LogP contribution in [0, 0.1) is 47.3 Å². The highest BCUT2D eigenvalue weighted by molar-refractivity contribution is 5.75. The lowest BCUT2D eigenvalue weighted by Crippen LogP contribution is -2.27. The van der Waals surface area contributed by atoms with Crippen molar-refractivity contribution < 1.29 is 11.0 Å². The molecule has 3 heteroatoms. The monoisotopic (exact) mass is 411 g/mol. The molecule has 175 valence electrons. The molecule has 3 fully saturated rings. The third kappa shape index (κ3) is 13.8. The van der Waals surface area contributed by atoms with E-state index in [1.807, 2.05) is 0 Å². The molecule has 0 saturated heterocycles. The molecule has 0 aromatic heterocycles. The van der Waals surface area contributed by atoms with Crippen LogP contribution in [-0.2, 0) is 0 Å². The van der Waals surface area contributed by atoms with Gasteiger partial charge in [0.05, 0.1) is 0 Å². The molecule has 0 aromatic rings. The van der Waals surface area contributed by atoms with Gasteiger partial charge in [0.2, 0.25) is 0 Å². The van der Waals surface area contributed by atoms with Crippen molar-refractivity contribution in [2.75, 3.05) is 0 Å². The minimum absolute atomic E-state index is 0. The van der Waals surface area contributed by atoms with Crippen molar-refractivity contribution in [2.45, 2.75) is 120 Å². The molecule has 4 atom stereocenters. The van der Waals surface area contributed by atoms with Crippen molar-refractivity contribution in [3.05, 3.63) is 0 Å². The van der Waals surface area contributed by atoms with Gasteiger partial charge in [-0.3, -0.25) is 0 Å². The lowest BCUT2D eigenvalue weighted by Gasteiger charge is -2.36. The molecular weight excluding hydrogens is 355 g/mol. The van der Waals surface area contributed by atoms with E-state index in [9.17, 15) is 0 Å². The first kappa shape index (κ1) is 33.6. The van der Waals surface area contributed by atoms with Crippen LogP contribution in [0.25, 0.3) is 0 Å². The van der Waals surface area contributed by atoms with Crippen LogP contribution in [0.1, 0.15) is 120 Å². The fraction of sp³-hybridized carbons (Fsp3) is 1.00. The Kier molecular flexibility index (Phi) is 20.5. The third-order valence-corrected chi connectivity index (χ3v) is 8.31. The molecule has 0 bridgehead atoms. The molecule has 3 rings (SSSR count). The second-order valence-corrected chi connectivity index (χ2v) is 11.0. The molecule has 2 nitrogen and oxygen atoms in total. The predicted molar refractivity (Wildman–Crippen MR) is 132 cm³/mol. The van der Waals surface area contributed by atoms with E-state index >= 15 is 0 Å². The standard InChI is InChI=1S/C10H20.2C8H16.B.2H2O/c1-7-5-6-8(2)10(4)9(7)3;2*1-7-3-5-8(2)6-4-7;;;/h7-10H,5-6H2,1-4H3;2*7-8H,3-6H2,1-2H3;;2*1H2. The summed E-state index contributed by atoms with van der Waals surface area (Å²) in [5.41, 5.74) is 0. The Hall–Kier alpha value is -0.0151. The second kappa shape index (κ2) is 17.6. The van der Waals surface area contributed by atoms with E-state index in [-0.39, 0.29) is 19.4 Å². The molecule has 3 aliphatic carbocycles. The van der Waals surface area contributed by atoms with Crippen molar-refractivity contribution in [3.8, 4) is 0 Å². The number of hydrogen-bond acceptors (Lipinski definition) is 0. The van der Waals surface area contributed by atoms with Gasteiger partial charge in [-0.05, 0) is 47.3 Å². The maximum Gasteiger partial charge on any atom is 0 e. The molecule has 3 radical (unpaired) electrons. The predicted octanol–water partition coefficient (Wildman–Crippen LogP) is 6.96. The third-order valence-electron chi connectivity index (χ3n) is 8.31. The van der Waals surface area contributed by atoms with E-state index in [0.29, 0.717) is 0 Å². The molecule has 0 aliphatic heterocycles. The van der Waals surface area contributed by atoms with Gasteiger partial charge in [-0.15, -0.1) is 0 Å². The Balaban J connectivity index is -0.000000335. The van der Waals surface area contributed by atoms with Gasteiger partial charge < -0.3 is 11.0 Å². The Morgan fingerprint density at radius 3 is 0.690 bits per heavy atom. The van der Waals surface area contributed by atoms with Crippen molar-refractivity contribution in [2.24, 2.45) is 47.3 Å². The van der Waals surface area contributed by atoms with Gasteiger partial charge in [0.25, 0.3) is 0 Å². The van der Waals surface area contributed by atoms with Crippen molar-refractivity contribution in [1.29, 1.82) is 0 Å². The zero-order valence-electron chi connectivity index (χ0n) is 21.3. The van der Waals surface area contributed by atoms with Gasteiger partial charge in [0.15, 0.2) is 0 Å². The summed E-state index contributed by atoms with van der Waals surface area (Å²) in [4.78, 5) is 0. The highest BCUT2D eigenvalue weighted by atomic mass is 16.0. The van der Waals surface area contributed by atoms with Crippen molar-refractivity contribution in [3.63, 3.8) is 0 Å². The summed E-state index contributed by atoms with van der Waals surface area (Å²) in [6.07, 6.45) is 14.7. The van der Waals surface area contributed by atoms with Crippen LogP contribution in [-0.4, -0.2) is 19.4 Å². The summed E-state index contributed by atoms with van der Waals surface area (Å²) in [6.45, 7) is 19.1. The Morgan fingerprint density at radius 2 is 0.517 bits per heavy atom. The summed E-state index contributed by atoms with van der Waals surface area (Å²) in [5.74, 6) is 7.90. The zero-order chi connectivity index (χ0) is 19.7. The van der Waals surface area contributed by atoms with Crippen LogP contribution in [0.4, 0.5) is 0 Å². The summed E-state index contributed by atoms with van der Waals surface area (Å²) in [6, 6.07) is 0. The maximum absolute atomic E-state index is 2.41. The summed E-state index contributed by atoms with van der Waals surface area (Å²) >= 11 is 0. The Bertz CT molecular complexity index is 293. The molecule has 3 saturated carbocycles. The average Bonchev–Trinajstić information content (AvgIpc) is 2.63. The topological polar surface area (TPSA) is 63.0 Å². The number of hydrogen-bond donors (Lipinski definition) is 0. The largest absolute Gasteiger partial charge is 0.412 e. The van der Waals surface area contributed by atoms with E-state index in [1.54, 1.807) is 0 Å². The van der Waals surface area contributed by atoms with E-state index in [4.69, 9.17) is 0 Å². The first-order chi connectivity index (χ1) is 12.2. The van der Waals surface area contributed by atoms with Crippen LogP contribution in [0.3, 0.4) is 0 Å². The summed E-state index contributed by atoms with van der Waals surface area (Å²) in [7, 11) is 0. The second-order valence-electron chi connectivity index (χ2n) is 11.0. The van der Waals surface area contributed by atoms with Gasteiger partial charge in [0, 0.05) is 8.41 Å². The molecule has 4 N–H and O–H groups in total. The molecule has 0 amide bonds. The van der Waals surface area contributed by atoms with Crippen molar-refractivity contribution in [1.82, 2.24) is 0 Å². The average molecular weight is 412 g/mol. The summed E-state index contributed by atoms with van der Waals surface area (Å²) < 4.78 is 0. The highest BCUT2D eigenvalue weighted by Gasteiger charge is 2.28. The minimum atomic E-state index is 0. The molecule has 0 aromatic carbocycles. The Morgan fingerprint density at radius 1 is 0.345 bits per heavy atom. The van der Waals surface area contributed by atoms with Gasteiger partial charge in [-0.1, -0.05) is 120 Å². The van der Waals surface area contributed by atoms with E-state index in [2.05, 4.69) is 55.4 Å². The zero-order valence-corrected chi connectivity index (χ0v) is 21.3. The smallest absolute Gasteiger partial charge is 0 e.